The molecule has 1 fully saturated rings. The first-order valence-electron chi connectivity index (χ1n) is 6.80. The lowest BCUT2D eigenvalue weighted by atomic mass is 9.95. The van der Waals surface area contributed by atoms with Crippen LogP contribution in [0.4, 0.5) is 4.79 Å². The van der Waals surface area contributed by atoms with Gasteiger partial charge in [0.1, 0.15) is 5.60 Å². The molecule has 6 nitrogen and oxygen atoms in total. The van der Waals surface area contributed by atoms with Gasteiger partial charge in [-0.05, 0) is 34.1 Å². The SMILES string of the molecule is C=CCC1(O)CC[C@@H](N(O)C(=O)OC(C)(C)C)[C@@H](C)O1. The molecule has 0 bridgehead atoms. The topological polar surface area (TPSA) is 79.2 Å². The second kappa shape index (κ2) is 6.11. The van der Waals surface area contributed by atoms with E-state index in [1.54, 1.807) is 33.8 Å². The maximum atomic E-state index is 11.8. The van der Waals surface area contributed by atoms with Gasteiger partial charge in [0.15, 0.2) is 5.79 Å². The monoisotopic (exact) mass is 287 g/mol. The first kappa shape index (κ1) is 16.9. The molecule has 1 rings (SSSR count). The molecule has 0 saturated carbocycles. The minimum Gasteiger partial charge on any atom is -0.442 e. The van der Waals surface area contributed by atoms with Crippen molar-refractivity contribution in [2.45, 2.75) is 70.5 Å². The third kappa shape index (κ3) is 4.47. The Hall–Kier alpha value is -1.11. The van der Waals surface area contributed by atoms with Crippen LogP contribution in [0.3, 0.4) is 0 Å². The molecule has 0 aromatic heterocycles. The van der Waals surface area contributed by atoms with Gasteiger partial charge in [-0.2, -0.15) is 5.06 Å². The molecule has 0 spiro atoms. The summed E-state index contributed by atoms with van der Waals surface area (Å²) >= 11 is 0. The molecule has 1 aliphatic heterocycles. The second-order valence-electron chi connectivity index (χ2n) is 6.19. The summed E-state index contributed by atoms with van der Waals surface area (Å²) in [6, 6.07) is -0.546. The van der Waals surface area contributed by atoms with Gasteiger partial charge >= 0.3 is 6.09 Å². The molecule has 20 heavy (non-hydrogen) atoms. The number of hydroxylamine groups is 2. The summed E-state index contributed by atoms with van der Waals surface area (Å²) in [7, 11) is 0. The molecule has 1 aliphatic rings. The van der Waals surface area contributed by atoms with Crippen LogP contribution in [0, 0.1) is 0 Å². The molecule has 116 valence electrons. The smallest absolute Gasteiger partial charge is 0.434 e. The first-order chi connectivity index (χ1) is 9.08. The Morgan fingerprint density at radius 1 is 1.60 bits per heavy atom. The third-order valence-electron chi connectivity index (χ3n) is 3.14. The average Bonchev–Trinajstić information content (AvgIpc) is 2.25. The summed E-state index contributed by atoms with van der Waals surface area (Å²) in [5.74, 6) is -1.27. The molecule has 1 unspecified atom stereocenters. The summed E-state index contributed by atoms with van der Waals surface area (Å²) in [4.78, 5) is 11.8. The molecule has 0 aromatic carbocycles. The Kier molecular flexibility index (Phi) is 5.18. The Balaban J connectivity index is 2.65. The van der Waals surface area contributed by atoms with Gasteiger partial charge in [-0.15, -0.1) is 6.58 Å². The fraction of sp³-hybridized carbons (Fsp3) is 0.786. The highest BCUT2D eigenvalue weighted by atomic mass is 16.7. The molecule has 1 amide bonds. The number of aliphatic hydroxyl groups is 1. The van der Waals surface area contributed by atoms with Crippen LogP contribution < -0.4 is 0 Å². The van der Waals surface area contributed by atoms with Crippen molar-refractivity contribution < 1.29 is 24.6 Å². The quantitative estimate of drug-likeness (QED) is 0.473. The summed E-state index contributed by atoms with van der Waals surface area (Å²) in [6.45, 7) is 10.4. The van der Waals surface area contributed by atoms with Crippen LogP contribution in [0.5, 0.6) is 0 Å². The van der Waals surface area contributed by atoms with E-state index in [0.29, 0.717) is 24.3 Å². The molecule has 1 saturated heterocycles. The fourth-order valence-corrected chi connectivity index (χ4v) is 2.23. The second-order valence-corrected chi connectivity index (χ2v) is 6.19. The number of ether oxygens (including phenoxy) is 2. The highest BCUT2D eigenvalue weighted by Crippen LogP contribution is 2.32. The predicted molar refractivity (Wildman–Crippen MR) is 73.2 cm³/mol. The number of amides is 1. The molecular weight excluding hydrogens is 262 g/mol. The van der Waals surface area contributed by atoms with E-state index in [-0.39, 0.29) is 0 Å². The largest absolute Gasteiger partial charge is 0.442 e. The number of carbonyl (C=O) groups excluding carboxylic acids is 1. The highest BCUT2D eigenvalue weighted by molar-refractivity contribution is 5.67. The summed E-state index contributed by atoms with van der Waals surface area (Å²) in [6.07, 6.45) is 1.30. The number of nitrogens with zero attached hydrogens (tertiary/aromatic N) is 1. The van der Waals surface area contributed by atoms with Gasteiger partial charge in [-0.1, -0.05) is 6.08 Å². The van der Waals surface area contributed by atoms with E-state index in [0.717, 1.165) is 0 Å². The molecule has 0 aliphatic carbocycles. The summed E-state index contributed by atoms with van der Waals surface area (Å²) in [5.41, 5.74) is -0.680. The number of rotatable bonds is 3. The zero-order valence-electron chi connectivity index (χ0n) is 12.6. The first-order valence-corrected chi connectivity index (χ1v) is 6.80. The number of hydrogen-bond acceptors (Lipinski definition) is 5. The Bertz CT molecular complexity index is 365. The molecule has 2 N–H and O–H groups in total. The van der Waals surface area contributed by atoms with Gasteiger partial charge in [0.25, 0.3) is 0 Å². The van der Waals surface area contributed by atoms with E-state index in [9.17, 15) is 15.1 Å². The van der Waals surface area contributed by atoms with Gasteiger partial charge in [0.05, 0.1) is 12.1 Å². The summed E-state index contributed by atoms with van der Waals surface area (Å²) < 4.78 is 10.6. The van der Waals surface area contributed by atoms with Crippen molar-refractivity contribution in [3.8, 4) is 0 Å². The standard InChI is InChI=1S/C14H25NO5/c1-6-8-14(17)9-7-11(10(2)19-14)15(18)12(16)20-13(3,4)5/h6,10-11,17-18H,1,7-9H2,2-5H3/t10-,11-,14?/m1/s1. The number of carbonyl (C=O) groups is 1. The predicted octanol–water partition coefficient (Wildman–Crippen LogP) is 2.44. The van der Waals surface area contributed by atoms with Gasteiger partial charge in [-0.3, -0.25) is 5.21 Å². The zero-order valence-corrected chi connectivity index (χ0v) is 12.6. The average molecular weight is 287 g/mol. The van der Waals surface area contributed by atoms with E-state index in [4.69, 9.17) is 9.47 Å². The van der Waals surface area contributed by atoms with Crippen LogP contribution in [0.1, 0.15) is 47.0 Å². The minimum atomic E-state index is -1.27. The van der Waals surface area contributed by atoms with Gasteiger partial charge in [0, 0.05) is 12.8 Å². The lowest BCUT2D eigenvalue weighted by Crippen LogP contribution is -2.54. The van der Waals surface area contributed by atoms with Crippen LogP contribution in [0.2, 0.25) is 0 Å². The molecular formula is C14H25NO5. The van der Waals surface area contributed by atoms with E-state index < -0.39 is 29.6 Å². The molecule has 0 aromatic rings. The molecule has 3 atom stereocenters. The van der Waals surface area contributed by atoms with E-state index in [1.807, 2.05) is 0 Å². The maximum Gasteiger partial charge on any atom is 0.434 e. The van der Waals surface area contributed by atoms with E-state index >= 15 is 0 Å². The van der Waals surface area contributed by atoms with Crippen molar-refractivity contribution in [3.05, 3.63) is 12.7 Å². The third-order valence-corrected chi connectivity index (χ3v) is 3.14. The van der Waals surface area contributed by atoms with Crippen molar-refractivity contribution in [2.75, 3.05) is 0 Å². The maximum absolute atomic E-state index is 11.8. The molecule has 1 heterocycles. The van der Waals surface area contributed by atoms with Crippen LogP contribution >= 0.6 is 0 Å². The molecule has 0 radical (unpaired) electrons. The van der Waals surface area contributed by atoms with E-state index in [2.05, 4.69) is 6.58 Å². The molecule has 6 heteroatoms. The lowest BCUT2D eigenvalue weighted by molar-refractivity contribution is -0.279. The van der Waals surface area contributed by atoms with Crippen molar-refractivity contribution in [1.29, 1.82) is 0 Å². The lowest BCUT2D eigenvalue weighted by Gasteiger charge is -2.42. The fourth-order valence-electron chi connectivity index (χ4n) is 2.23. The minimum absolute atomic E-state index is 0.307. The van der Waals surface area contributed by atoms with E-state index in [1.165, 1.54) is 0 Å². The van der Waals surface area contributed by atoms with Crippen molar-refractivity contribution >= 4 is 6.09 Å². The van der Waals surface area contributed by atoms with Crippen molar-refractivity contribution in [1.82, 2.24) is 5.06 Å². The Morgan fingerprint density at radius 2 is 2.20 bits per heavy atom. The highest BCUT2D eigenvalue weighted by Gasteiger charge is 2.42. The Labute approximate surface area is 119 Å². The van der Waals surface area contributed by atoms with Crippen molar-refractivity contribution in [3.63, 3.8) is 0 Å². The van der Waals surface area contributed by atoms with Gasteiger partial charge in [0.2, 0.25) is 0 Å². The van der Waals surface area contributed by atoms with Gasteiger partial charge in [-0.25, -0.2) is 4.79 Å². The van der Waals surface area contributed by atoms with Crippen LogP contribution in [0.15, 0.2) is 12.7 Å². The zero-order chi connectivity index (χ0) is 15.6. The van der Waals surface area contributed by atoms with Crippen LogP contribution in [-0.2, 0) is 9.47 Å². The summed E-state index contributed by atoms with van der Waals surface area (Å²) in [5, 5.41) is 20.7. The normalized spacial score (nSPS) is 30.7. The van der Waals surface area contributed by atoms with Gasteiger partial charge < -0.3 is 14.6 Å². The van der Waals surface area contributed by atoms with Crippen LogP contribution in [-0.4, -0.2) is 45.0 Å². The van der Waals surface area contributed by atoms with Crippen LogP contribution in [0.25, 0.3) is 0 Å². The van der Waals surface area contributed by atoms with Crippen molar-refractivity contribution in [2.24, 2.45) is 0 Å². The Morgan fingerprint density at radius 3 is 2.65 bits per heavy atom. The number of hydrogen-bond donors (Lipinski definition) is 2.